The highest BCUT2D eigenvalue weighted by Gasteiger charge is 2.34. The van der Waals surface area contributed by atoms with Crippen molar-refractivity contribution in [2.24, 2.45) is 0 Å². The van der Waals surface area contributed by atoms with Gasteiger partial charge in [-0.1, -0.05) is 30.3 Å². The molecule has 1 aromatic carbocycles. The van der Waals surface area contributed by atoms with Crippen molar-refractivity contribution in [3.05, 3.63) is 35.9 Å². The highest BCUT2D eigenvalue weighted by molar-refractivity contribution is 5.89. The first-order chi connectivity index (χ1) is 8.22. The summed E-state index contributed by atoms with van der Waals surface area (Å²) in [5, 5.41) is 7.87. The van der Waals surface area contributed by atoms with Gasteiger partial charge in [0, 0.05) is 13.0 Å². The lowest BCUT2D eigenvalue weighted by atomic mass is 10.2. The second kappa shape index (κ2) is 6.40. The number of rotatable bonds is 3. The quantitative estimate of drug-likeness (QED) is 0.856. The van der Waals surface area contributed by atoms with E-state index < -0.39 is 0 Å². The average Bonchev–Trinajstić information content (AvgIpc) is 2.72. The van der Waals surface area contributed by atoms with E-state index in [2.05, 4.69) is 0 Å². The third kappa shape index (κ3) is 3.01. The smallest absolute Gasteiger partial charge is 0.328 e. The molecule has 0 spiro atoms. The van der Waals surface area contributed by atoms with E-state index in [0.29, 0.717) is 25.2 Å². The fourth-order valence-corrected chi connectivity index (χ4v) is 2.13. The maximum atomic E-state index is 11.6. The summed E-state index contributed by atoms with van der Waals surface area (Å²) in [5.41, 5.74) is 1.10. The standard InChI is InChI=1S/C13H16N2O2.ClH/c1-17-13(16)11-7-8-12(14)15(11)9-10-5-3-2-4-6-10;/h2-6,11,14H,7-9H2,1H3;1H. The molecule has 0 radical (unpaired) electrons. The predicted octanol–water partition coefficient (Wildman–Crippen LogP) is 2.22. The summed E-state index contributed by atoms with van der Waals surface area (Å²) in [7, 11) is 1.39. The summed E-state index contributed by atoms with van der Waals surface area (Å²) < 4.78 is 4.77. The van der Waals surface area contributed by atoms with Crippen molar-refractivity contribution in [3.8, 4) is 0 Å². The number of nitrogens with zero attached hydrogens (tertiary/aromatic N) is 1. The summed E-state index contributed by atoms with van der Waals surface area (Å²) in [5.74, 6) is 0.271. The maximum absolute atomic E-state index is 11.6. The summed E-state index contributed by atoms with van der Waals surface area (Å²) in [6.07, 6.45) is 1.32. The van der Waals surface area contributed by atoms with Gasteiger partial charge in [-0.05, 0) is 12.0 Å². The molecule has 98 valence electrons. The maximum Gasteiger partial charge on any atom is 0.328 e. The van der Waals surface area contributed by atoms with E-state index in [0.717, 1.165) is 5.56 Å². The first-order valence-corrected chi connectivity index (χ1v) is 5.68. The number of hydrogen-bond donors (Lipinski definition) is 1. The van der Waals surface area contributed by atoms with E-state index in [4.69, 9.17) is 10.1 Å². The molecule has 0 aliphatic carbocycles. The van der Waals surface area contributed by atoms with E-state index in [1.807, 2.05) is 35.2 Å². The Labute approximate surface area is 113 Å². The minimum atomic E-state index is -0.298. The van der Waals surface area contributed by atoms with Crippen LogP contribution in [-0.2, 0) is 16.1 Å². The van der Waals surface area contributed by atoms with Crippen LogP contribution in [0.4, 0.5) is 0 Å². The summed E-state index contributed by atoms with van der Waals surface area (Å²) in [6.45, 7) is 0.597. The minimum Gasteiger partial charge on any atom is -0.467 e. The highest BCUT2D eigenvalue weighted by Crippen LogP contribution is 2.22. The number of hydrogen-bond acceptors (Lipinski definition) is 3. The van der Waals surface area contributed by atoms with Gasteiger partial charge in [-0.25, -0.2) is 4.79 Å². The van der Waals surface area contributed by atoms with Crippen LogP contribution in [-0.4, -0.2) is 29.9 Å². The minimum absolute atomic E-state index is 0. The highest BCUT2D eigenvalue weighted by atomic mass is 35.5. The van der Waals surface area contributed by atoms with Crippen molar-refractivity contribution in [3.63, 3.8) is 0 Å². The van der Waals surface area contributed by atoms with Crippen molar-refractivity contribution >= 4 is 24.2 Å². The predicted molar refractivity (Wildman–Crippen MR) is 72.0 cm³/mol. The molecule has 0 bridgehead atoms. The number of nitrogens with one attached hydrogen (secondary N) is 1. The third-order valence-electron chi connectivity index (χ3n) is 3.05. The molecule has 1 fully saturated rings. The number of amidine groups is 1. The Kier molecular flexibility index (Phi) is 5.16. The molecule has 18 heavy (non-hydrogen) atoms. The first kappa shape index (κ1) is 14.5. The van der Waals surface area contributed by atoms with Gasteiger partial charge >= 0.3 is 5.97 Å². The molecule has 1 aliphatic rings. The van der Waals surface area contributed by atoms with Crippen LogP contribution in [0.1, 0.15) is 18.4 Å². The monoisotopic (exact) mass is 268 g/mol. The van der Waals surface area contributed by atoms with Crippen LogP contribution >= 0.6 is 12.4 Å². The van der Waals surface area contributed by atoms with Gasteiger partial charge in [0.2, 0.25) is 0 Å². The Balaban J connectivity index is 0.00000162. The molecule has 1 unspecified atom stereocenters. The normalized spacial score (nSPS) is 18.4. The van der Waals surface area contributed by atoms with Crippen molar-refractivity contribution in [1.82, 2.24) is 4.90 Å². The molecule has 0 amide bonds. The lowest BCUT2D eigenvalue weighted by Gasteiger charge is -2.24. The van der Waals surface area contributed by atoms with Gasteiger partial charge in [0.05, 0.1) is 12.9 Å². The molecular weight excluding hydrogens is 252 g/mol. The lowest BCUT2D eigenvalue weighted by Crippen LogP contribution is -2.38. The van der Waals surface area contributed by atoms with Gasteiger partial charge in [-0.2, -0.15) is 0 Å². The van der Waals surface area contributed by atoms with Gasteiger partial charge < -0.3 is 9.64 Å². The van der Waals surface area contributed by atoms with Crippen molar-refractivity contribution in [2.75, 3.05) is 7.11 Å². The fraction of sp³-hybridized carbons (Fsp3) is 0.385. The molecular formula is C13H17ClN2O2. The van der Waals surface area contributed by atoms with E-state index >= 15 is 0 Å². The van der Waals surface area contributed by atoms with Gasteiger partial charge in [0.1, 0.15) is 6.04 Å². The fourth-order valence-electron chi connectivity index (χ4n) is 2.13. The Morgan fingerprint density at radius 2 is 2.11 bits per heavy atom. The molecule has 1 N–H and O–H groups in total. The molecule has 5 heteroatoms. The van der Waals surface area contributed by atoms with Crippen LogP contribution in [0.5, 0.6) is 0 Å². The molecule has 0 aromatic heterocycles. The Morgan fingerprint density at radius 3 is 2.72 bits per heavy atom. The molecule has 1 saturated heterocycles. The summed E-state index contributed by atoms with van der Waals surface area (Å²) in [4.78, 5) is 13.4. The number of benzene rings is 1. The number of carbonyl (C=O) groups excluding carboxylic acids is 1. The Hall–Kier alpha value is -1.55. The number of ether oxygens (including phenoxy) is 1. The van der Waals surface area contributed by atoms with Crippen LogP contribution in [0.15, 0.2) is 30.3 Å². The van der Waals surface area contributed by atoms with E-state index in [1.54, 1.807) is 0 Å². The topological polar surface area (TPSA) is 53.4 Å². The first-order valence-electron chi connectivity index (χ1n) is 5.68. The Bertz CT molecular complexity index is 422. The summed E-state index contributed by atoms with van der Waals surface area (Å²) >= 11 is 0. The third-order valence-corrected chi connectivity index (χ3v) is 3.05. The van der Waals surface area contributed by atoms with Gasteiger partial charge in [-0.3, -0.25) is 5.41 Å². The number of methoxy groups -OCH3 is 1. The second-order valence-electron chi connectivity index (χ2n) is 4.14. The van der Waals surface area contributed by atoms with Crippen LogP contribution < -0.4 is 0 Å². The number of esters is 1. The van der Waals surface area contributed by atoms with Gasteiger partial charge in [0.15, 0.2) is 0 Å². The zero-order valence-electron chi connectivity index (χ0n) is 10.3. The van der Waals surface area contributed by atoms with Crippen molar-refractivity contribution < 1.29 is 9.53 Å². The molecule has 2 rings (SSSR count). The Morgan fingerprint density at radius 1 is 1.44 bits per heavy atom. The molecule has 1 aromatic rings. The molecule has 1 atom stereocenters. The number of likely N-dealkylation sites (tertiary alicyclic amines) is 1. The molecule has 4 nitrogen and oxygen atoms in total. The molecule has 1 aliphatic heterocycles. The number of carbonyl (C=O) groups is 1. The number of halogens is 1. The second-order valence-corrected chi connectivity index (χ2v) is 4.14. The molecule has 1 heterocycles. The average molecular weight is 269 g/mol. The van der Waals surface area contributed by atoms with Gasteiger partial charge in [-0.15, -0.1) is 12.4 Å². The van der Waals surface area contributed by atoms with Crippen molar-refractivity contribution in [1.29, 1.82) is 5.41 Å². The van der Waals surface area contributed by atoms with E-state index in [9.17, 15) is 4.79 Å². The SMILES string of the molecule is COC(=O)C1CCC(=N)N1Cc1ccccc1.Cl. The van der Waals surface area contributed by atoms with Gasteiger partial charge in [0.25, 0.3) is 0 Å². The van der Waals surface area contributed by atoms with E-state index in [-0.39, 0.29) is 24.4 Å². The largest absolute Gasteiger partial charge is 0.467 e. The zero-order chi connectivity index (χ0) is 12.3. The van der Waals surface area contributed by atoms with E-state index in [1.165, 1.54) is 7.11 Å². The molecule has 0 saturated carbocycles. The zero-order valence-corrected chi connectivity index (χ0v) is 11.1. The van der Waals surface area contributed by atoms with Crippen LogP contribution in [0.3, 0.4) is 0 Å². The van der Waals surface area contributed by atoms with Crippen LogP contribution in [0.2, 0.25) is 0 Å². The lowest BCUT2D eigenvalue weighted by molar-refractivity contribution is -0.145. The summed E-state index contributed by atoms with van der Waals surface area (Å²) in [6, 6.07) is 9.58. The van der Waals surface area contributed by atoms with Crippen LogP contribution in [0, 0.1) is 5.41 Å². The van der Waals surface area contributed by atoms with Crippen molar-refractivity contribution in [2.45, 2.75) is 25.4 Å². The van der Waals surface area contributed by atoms with Crippen LogP contribution in [0.25, 0.3) is 0 Å².